The second-order valence-electron chi connectivity index (χ2n) is 4.09. The number of aryl methyl sites for hydroxylation is 2. The lowest BCUT2D eigenvalue weighted by Crippen LogP contribution is -2.18. The molecule has 0 saturated heterocycles. The molecule has 2 unspecified atom stereocenters. The van der Waals surface area contributed by atoms with Crippen LogP contribution in [0.4, 0.5) is 0 Å². The Labute approximate surface area is 103 Å². The van der Waals surface area contributed by atoms with Gasteiger partial charge in [0.15, 0.2) is 0 Å². The third-order valence-electron chi connectivity index (χ3n) is 2.56. The number of aliphatic carboxylic acids is 1. The monoisotopic (exact) mass is 258 g/mol. The molecule has 1 N–H and O–H groups in total. The lowest BCUT2D eigenvalue weighted by molar-refractivity contribution is -0.140. The predicted molar refractivity (Wildman–Crippen MR) is 66.1 cm³/mol. The van der Waals surface area contributed by atoms with E-state index in [1.165, 1.54) is 0 Å². The maximum atomic E-state index is 11.8. The summed E-state index contributed by atoms with van der Waals surface area (Å²) in [6, 6.07) is 1.92. The Morgan fingerprint density at radius 1 is 1.65 bits per heavy atom. The minimum absolute atomic E-state index is 0.183. The van der Waals surface area contributed by atoms with Gasteiger partial charge in [0, 0.05) is 23.6 Å². The summed E-state index contributed by atoms with van der Waals surface area (Å²) in [7, 11) is 0.650. The van der Waals surface area contributed by atoms with Crippen LogP contribution in [0.2, 0.25) is 0 Å². The van der Waals surface area contributed by atoms with Gasteiger partial charge in [-0.15, -0.1) is 0 Å². The summed E-state index contributed by atoms with van der Waals surface area (Å²) in [4.78, 5) is 10.7. The van der Waals surface area contributed by atoms with Gasteiger partial charge < -0.3 is 5.11 Å². The van der Waals surface area contributed by atoms with E-state index in [-0.39, 0.29) is 5.75 Å². The van der Waals surface area contributed by atoms with Crippen LogP contribution in [0.5, 0.6) is 0 Å². The van der Waals surface area contributed by atoms with Crippen LogP contribution in [0, 0.1) is 5.92 Å². The molecule has 1 aromatic heterocycles. The number of carboxylic acids is 1. The summed E-state index contributed by atoms with van der Waals surface area (Å²) in [6.07, 6.45) is 0.839. The number of hydrogen-bond acceptors (Lipinski definition) is 3. The van der Waals surface area contributed by atoms with Crippen molar-refractivity contribution in [2.24, 2.45) is 13.0 Å². The Kier molecular flexibility index (Phi) is 4.86. The van der Waals surface area contributed by atoms with Gasteiger partial charge in [-0.2, -0.15) is 5.10 Å². The summed E-state index contributed by atoms with van der Waals surface area (Å²) < 4.78 is 13.5. The number of carbonyl (C=O) groups is 1. The van der Waals surface area contributed by atoms with Crippen molar-refractivity contribution in [3.8, 4) is 0 Å². The van der Waals surface area contributed by atoms with Gasteiger partial charge in [-0.1, -0.05) is 13.8 Å². The molecule has 6 heteroatoms. The first-order valence-electron chi connectivity index (χ1n) is 5.53. The smallest absolute Gasteiger partial charge is 0.307 e. The number of nitrogens with zero attached hydrogens (tertiary/aromatic N) is 2. The van der Waals surface area contributed by atoms with Crippen LogP contribution in [0.15, 0.2) is 6.07 Å². The van der Waals surface area contributed by atoms with E-state index < -0.39 is 22.7 Å². The fraction of sp³-hybridized carbons (Fsp3) is 0.636. The SMILES string of the molecule is CCc1cc(CS(=O)CC(C)C(=O)O)n(C)n1. The highest BCUT2D eigenvalue weighted by molar-refractivity contribution is 7.84. The molecule has 1 aromatic rings. The Bertz CT molecular complexity index is 428. The predicted octanol–water partition coefficient (Wildman–Crippen LogP) is 0.952. The summed E-state index contributed by atoms with van der Waals surface area (Å²) in [6.45, 7) is 3.58. The van der Waals surface area contributed by atoms with Crippen LogP contribution >= 0.6 is 0 Å². The number of rotatable bonds is 6. The second-order valence-corrected chi connectivity index (χ2v) is 5.60. The van der Waals surface area contributed by atoms with Crippen LogP contribution in [-0.4, -0.2) is 30.8 Å². The Balaban J connectivity index is 2.61. The molecule has 0 aliphatic rings. The van der Waals surface area contributed by atoms with Crippen LogP contribution in [0.1, 0.15) is 25.2 Å². The van der Waals surface area contributed by atoms with Crippen LogP contribution in [-0.2, 0) is 34.8 Å². The molecule has 0 bridgehead atoms. The quantitative estimate of drug-likeness (QED) is 0.824. The third kappa shape index (κ3) is 3.96. The van der Waals surface area contributed by atoms with Crippen molar-refractivity contribution >= 4 is 16.8 Å². The van der Waals surface area contributed by atoms with E-state index in [1.807, 2.05) is 20.0 Å². The van der Waals surface area contributed by atoms with Crippen LogP contribution in [0.25, 0.3) is 0 Å². The lowest BCUT2D eigenvalue weighted by Gasteiger charge is -2.06. The normalized spacial score (nSPS) is 14.5. The second kappa shape index (κ2) is 5.95. The first kappa shape index (κ1) is 13.9. The lowest BCUT2D eigenvalue weighted by atomic mass is 10.2. The molecule has 0 amide bonds. The van der Waals surface area contributed by atoms with Gasteiger partial charge in [0.2, 0.25) is 0 Å². The highest BCUT2D eigenvalue weighted by Crippen LogP contribution is 2.09. The molecule has 0 spiro atoms. The molecule has 96 valence electrons. The van der Waals surface area contributed by atoms with E-state index in [4.69, 9.17) is 5.11 Å². The highest BCUT2D eigenvalue weighted by Gasteiger charge is 2.16. The summed E-state index contributed by atoms with van der Waals surface area (Å²) >= 11 is 0. The summed E-state index contributed by atoms with van der Waals surface area (Å²) in [5.74, 6) is -0.935. The zero-order valence-electron chi connectivity index (χ0n) is 10.3. The molecule has 0 fully saturated rings. The van der Waals surface area contributed by atoms with Gasteiger partial charge in [-0.25, -0.2) is 0 Å². The van der Waals surface area contributed by atoms with Gasteiger partial charge in [0.1, 0.15) is 0 Å². The van der Waals surface area contributed by atoms with E-state index in [2.05, 4.69) is 5.10 Å². The van der Waals surface area contributed by atoms with Gasteiger partial charge in [-0.3, -0.25) is 13.7 Å². The maximum absolute atomic E-state index is 11.8. The average Bonchev–Trinajstić information content (AvgIpc) is 2.59. The molecular weight excluding hydrogens is 240 g/mol. The van der Waals surface area contributed by atoms with Crippen molar-refractivity contribution < 1.29 is 14.1 Å². The molecule has 0 saturated carbocycles. The first-order valence-corrected chi connectivity index (χ1v) is 7.02. The van der Waals surface area contributed by atoms with Crippen LogP contribution in [0.3, 0.4) is 0 Å². The fourth-order valence-electron chi connectivity index (χ4n) is 1.45. The van der Waals surface area contributed by atoms with Crippen molar-refractivity contribution in [1.82, 2.24) is 9.78 Å². The molecule has 0 aliphatic heterocycles. The molecule has 5 nitrogen and oxygen atoms in total. The minimum atomic E-state index is -1.16. The molecule has 1 heterocycles. The van der Waals surface area contributed by atoms with Gasteiger partial charge in [-0.05, 0) is 12.5 Å². The third-order valence-corrected chi connectivity index (χ3v) is 4.05. The molecular formula is C11H18N2O3S. The van der Waals surface area contributed by atoms with Crippen molar-refractivity contribution in [1.29, 1.82) is 0 Å². The Morgan fingerprint density at radius 3 is 2.76 bits per heavy atom. The van der Waals surface area contributed by atoms with Crippen LogP contribution < -0.4 is 0 Å². The summed E-state index contributed by atoms with van der Waals surface area (Å²) in [5.41, 5.74) is 1.85. The topological polar surface area (TPSA) is 72.2 Å². The number of carboxylic acid groups (broad SMARTS) is 1. The molecule has 0 radical (unpaired) electrons. The van der Waals surface area contributed by atoms with Crippen molar-refractivity contribution in [2.75, 3.05) is 5.75 Å². The molecule has 17 heavy (non-hydrogen) atoms. The summed E-state index contributed by atoms with van der Waals surface area (Å²) in [5, 5.41) is 13.0. The zero-order valence-corrected chi connectivity index (χ0v) is 11.2. The van der Waals surface area contributed by atoms with Crippen molar-refractivity contribution in [2.45, 2.75) is 26.0 Å². The van der Waals surface area contributed by atoms with Gasteiger partial charge in [0.25, 0.3) is 0 Å². The van der Waals surface area contributed by atoms with E-state index in [0.29, 0.717) is 5.75 Å². The largest absolute Gasteiger partial charge is 0.481 e. The van der Waals surface area contributed by atoms with Crippen molar-refractivity contribution in [3.63, 3.8) is 0 Å². The maximum Gasteiger partial charge on any atom is 0.307 e. The van der Waals surface area contributed by atoms with E-state index >= 15 is 0 Å². The molecule has 2 atom stereocenters. The Hall–Kier alpha value is -1.17. The van der Waals surface area contributed by atoms with Gasteiger partial charge >= 0.3 is 5.97 Å². The molecule has 0 aliphatic carbocycles. The number of hydrogen-bond donors (Lipinski definition) is 1. The van der Waals surface area contributed by atoms with E-state index in [0.717, 1.165) is 17.8 Å². The average molecular weight is 258 g/mol. The van der Waals surface area contributed by atoms with E-state index in [9.17, 15) is 9.00 Å². The Morgan fingerprint density at radius 2 is 2.29 bits per heavy atom. The fourth-order valence-corrected chi connectivity index (χ4v) is 2.87. The molecule has 1 rings (SSSR count). The first-order chi connectivity index (χ1) is 7.93. The van der Waals surface area contributed by atoms with Gasteiger partial charge in [0.05, 0.1) is 23.1 Å². The zero-order chi connectivity index (χ0) is 13.0. The standard InChI is InChI=1S/C11H18N2O3S/c1-4-9-5-10(13(3)12-9)7-17(16)6-8(2)11(14)15/h5,8H,4,6-7H2,1-3H3,(H,14,15). The highest BCUT2D eigenvalue weighted by atomic mass is 32.2. The molecule has 0 aromatic carbocycles. The van der Waals surface area contributed by atoms with Crippen molar-refractivity contribution in [3.05, 3.63) is 17.5 Å². The number of aromatic nitrogens is 2. The van der Waals surface area contributed by atoms with E-state index in [1.54, 1.807) is 11.6 Å². The minimum Gasteiger partial charge on any atom is -0.481 e.